The summed E-state index contributed by atoms with van der Waals surface area (Å²) in [6.45, 7) is 9.80. The van der Waals surface area contributed by atoms with Gasteiger partial charge in [0.05, 0.1) is 35.6 Å². The first kappa shape index (κ1) is 27.7. The van der Waals surface area contributed by atoms with Gasteiger partial charge in [-0.05, 0) is 69.9 Å². The summed E-state index contributed by atoms with van der Waals surface area (Å²) in [7, 11) is 1.63. The van der Waals surface area contributed by atoms with Crippen molar-refractivity contribution in [2.45, 2.75) is 38.6 Å². The number of nitrogens with zero attached hydrogens (tertiary/aromatic N) is 3. The molecule has 0 bridgehead atoms. The number of rotatable bonds is 9. The summed E-state index contributed by atoms with van der Waals surface area (Å²) in [5.41, 5.74) is 3.41. The van der Waals surface area contributed by atoms with Crippen LogP contribution >= 0.6 is 23.1 Å². The number of methoxy groups -OCH3 is 1. The van der Waals surface area contributed by atoms with Crippen molar-refractivity contribution in [3.05, 3.63) is 84.5 Å². The molecule has 0 saturated heterocycles. The van der Waals surface area contributed by atoms with Crippen LogP contribution in [0.4, 0.5) is 5.69 Å². The zero-order valence-corrected chi connectivity index (χ0v) is 24.2. The van der Waals surface area contributed by atoms with Crippen molar-refractivity contribution < 1.29 is 14.3 Å². The van der Waals surface area contributed by atoms with Gasteiger partial charge in [-0.1, -0.05) is 23.5 Å². The number of thiazole rings is 1. The van der Waals surface area contributed by atoms with E-state index < -0.39 is 12.0 Å². The van der Waals surface area contributed by atoms with E-state index in [1.54, 1.807) is 37.3 Å². The van der Waals surface area contributed by atoms with E-state index in [0.717, 1.165) is 34.8 Å². The van der Waals surface area contributed by atoms with Crippen LogP contribution in [-0.2, 0) is 9.53 Å². The summed E-state index contributed by atoms with van der Waals surface area (Å²) >= 11 is 2.94. The van der Waals surface area contributed by atoms with E-state index in [9.17, 15) is 9.59 Å². The van der Waals surface area contributed by atoms with Gasteiger partial charge in [0.15, 0.2) is 4.80 Å². The summed E-state index contributed by atoms with van der Waals surface area (Å²) in [6.07, 6.45) is 3.85. The Morgan fingerprint density at radius 2 is 1.87 bits per heavy atom. The van der Waals surface area contributed by atoms with Crippen LogP contribution < -0.4 is 24.5 Å². The van der Waals surface area contributed by atoms with E-state index in [4.69, 9.17) is 9.47 Å². The number of aromatic nitrogens is 1. The first-order valence-electron chi connectivity index (χ1n) is 12.6. The van der Waals surface area contributed by atoms with Gasteiger partial charge in [-0.25, -0.2) is 9.79 Å². The fourth-order valence-corrected chi connectivity index (χ4v) is 6.08. The van der Waals surface area contributed by atoms with E-state index in [2.05, 4.69) is 23.7 Å². The van der Waals surface area contributed by atoms with Crippen molar-refractivity contribution in [3.63, 3.8) is 0 Å². The van der Waals surface area contributed by atoms with E-state index in [0.29, 0.717) is 26.4 Å². The molecule has 7 nitrogen and oxygen atoms in total. The van der Waals surface area contributed by atoms with Crippen LogP contribution in [0.2, 0.25) is 0 Å². The molecule has 0 radical (unpaired) electrons. The predicted octanol–water partition coefficient (Wildman–Crippen LogP) is 4.38. The van der Waals surface area contributed by atoms with Crippen molar-refractivity contribution in [3.8, 4) is 5.75 Å². The summed E-state index contributed by atoms with van der Waals surface area (Å²) in [5.74, 6) is 0.225. The van der Waals surface area contributed by atoms with Crippen LogP contribution in [0, 0.1) is 0 Å². The summed E-state index contributed by atoms with van der Waals surface area (Å²) in [6, 6.07) is 13.3. The summed E-state index contributed by atoms with van der Waals surface area (Å²) < 4.78 is 13.2. The summed E-state index contributed by atoms with van der Waals surface area (Å²) in [4.78, 5) is 35.5. The summed E-state index contributed by atoms with van der Waals surface area (Å²) in [5, 5.41) is 0. The fourth-order valence-electron chi connectivity index (χ4n) is 4.64. The second-order valence-corrected chi connectivity index (χ2v) is 10.6. The molecule has 0 fully saturated rings. The first-order valence-corrected chi connectivity index (χ1v) is 14.7. The number of carbonyl (C=O) groups excluding carboxylic acids is 1. The molecule has 1 aromatic heterocycles. The lowest BCUT2D eigenvalue weighted by Gasteiger charge is -2.24. The van der Waals surface area contributed by atoms with Crippen LogP contribution in [0.15, 0.2) is 68.4 Å². The molecule has 1 aliphatic heterocycles. The van der Waals surface area contributed by atoms with Crippen molar-refractivity contribution in [1.82, 2.24) is 4.57 Å². The van der Waals surface area contributed by atoms with Gasteiger partial charge in [-0.3, -0.25) is 9.36 Å². The number of esters is 1. The van der Waals surface area contributed by atoms with Gasteiger partial charge in [0.1, 0.15) is 5.75 Å². The van der Waals surface area contributed by atoms with Gasteiger partial charge >= 0.3 is 5.97 Å². The lowest BCUT2D eigenvalue weighted by Crippen LogP contribution is -2.39. The second kappa shape index (κ2) is 12.0. The highest BCUT2D eigenvalue weighted by atomic mass is 32.2. The lowest BCUT2D eigenvalue weighted by molar-refractivity contribution is -0.139. The minimum atomic E-state index is -0.629. The van der Waals surface area contributed by atoms with E-state index >= 15 is 0 Å². The minimum Gasteiger partial charge on any atom is -0.496 e. The molecule has 2 heterocycles. The Labute approximate surface area is 231 Å². The molecule has 1 aliphatic rings. The highest BCUT2D eigenvalue weighted by Gasteiger charge is 2.33. The molecule has 0 spiro atoms. The molecule has 200 valence electrons. The highest BCUT2D eigenvalue weighted by Crippen LogP contribution is 2.32. The maximum atomic E-state index is 13.9. The Hall–Kier alpha value is -3.30. The zero-order chi connectivity index (χ0) is 27.4. The largest absolute Gasteiger partial charge is 0.496 e. The number of carbonyl (C=O) groups is 1. The SMILES string of the molecule is CCOC(=O)C1=C(C)N=c2s/c(=C\c3ccc(N(CC)CC)cc3OC)c(=O)n2[C@@H]1c1ccc(SC)cc1. The molecule has 2 aromatic carbocycles. The normalized spacial score (nSPS) is 15.2. The van der Waals surface area contributed by atoms with Crippen molar-refractivity contribution in [2.75, 3.05) is 38.0 Å². The first-order chi connectivity index (χ1) is 18.4. The Balaban J connectivity index is 1.89. The number of benzene rings is 2. The molecular formula is C29H33N3O4S2. The second-order valence-electron chi connectivity index (χ2n) is 8.67. The maximum absolute atomic E-state index is 13.9. The molecular weight excluding hydrogens is 518 g/mol. The Kier molecular flexibility index (Phi) is 8.79. The van der Waals surface area contributed by atoms with Crippen LogP contribution in [0.5, 0.6) is 5.75 Å². The van der Waals surface area contributed by atoms with Crippen LogP contribution in [-0.4, -0.2) is 43.6 Å². The molecule has 0 saturated carbocycles. The third-order valence-corrected chi connectivity index (χ3v) is 8.31. The zero-order valence-electron chi connectivity index (χ0n) is 22.6. The molecule has 1 atom stereocenters. The molecule has 9 heteroatoms. The van der Waals surface area contributed by atoms with E-state index in [1.165, 1.54) is 11.3 Å². The maximum Gasteiger partial charge on any atom is 0.338 e. The Morgan fingerprint density at radius 3 is 2.47 bits per heavy atom. The standard InChI is InChI=1S/C29H33N3O4S2/c1-7-31(8-2)21-13-10-20(23(17-21)35-5)16-24-27(33)32-26(19-11-14-22(37-6)15-12-19)25(28(34)36-9-3)18(4)30-29(32)38-24/h10-17,26H,7-9H2,1-6H3/b24-16-/t26-/m1/s1. The van der Waals surface area contributed by atoms with Gasteiger partial charge in [0.2, 0.25) is 0 Å². The van der Waals surface area contributed by atoms with Gasteiger partial charge in [0.25, 0.3) is 5.56 Å². The Bertz CT molecular complexity index is 1530. The molecule has 38 heavy (non-hydrogen) atoms. The number of allylic oxidation sites excluding steroid dienone is 1. The van der Waals surface area contributed by atoms with E-state index in [-0.39, 0.29) is 12.2 Å². The average Bonchev–Trinajstić information content (AvgIpc) is 3.23. The monoisotopic (exact) mass is 551 g/mol. The van der Waals surface area contributed by atoms with Gasteiger partial charge in [0, 0.05) is 35.3 Å². The quantitative estimate of drug-likeness (QED) is 0.290. The molecule has 0 unspecified atom stereocenters. The fraction of sp³-hybridized carbons (Fsp3) is 0.345. The van der Waals surface area contributed by atoms with Crippen molar-refractivity contribution >= 4 is 40.8 Å². The molecule has 3 aromatic rings. The molecule has 0 amide bonds. The molecule has 4 rings (SSSR count). The number of anilines is 1. The van der Waals surface area contributed by atoms with Gasteiger partial charge in [-0.2, -0.15) is 0 Å². The number of thioether (sulfide) groups is 1. The third kappa shape index (κ3) is 5.31. The van der Waals surface area contributed by atoms with Crippen molar-refractivity contribution in [2.24, 2.45) is 4.99 Å². The smallest absolute Gasteiger partial charge is 0.338 e. The van der Waals surface area contributed by atoms with Gasteiger partial charge in [-0.15, -0.1) is 11.8 Å². The Morgan fingerprint density at radius 1 is 1.16 bits per heavy atom. The number of fused-ring (bicyclic) bond motifs is 1. The van der Waals surface area contributed by atoms with Crippen LogP contribution in [0.1, 0.15) is 44.9 Å². The highest BCUT2D eigenvalue weighted by molar-refractivity contribution is 7.98. The predicted molar refractivity (Wildman–Crippen MR) is 155 cm³/mol. The third-order valence-electron chi connectivity index (χ3n) is 6.58. The van der Waals surface area contributed by atoms with Crippen LogP contribution in [0.25, 0.3) is 6.08 Å². The lowest BCUT2D eigenvalue weighted by atomic mass is 9.96. The number of ether oxygens (including phenoxy) is 2. The van der Waals surface area contributed by atoms with Gasteiger partial charge < -0.3 is 14.4 Å². The van der Waals surface area contributed by atoms with Crippen LogP contribution in [0.3, 0.4) is 0 Å². The molecule has 0 aliphatic carbocycles. The number of hydrogen-bond donors (Lipinski definition) is 0. The van der Waals surface area contributed by atoms with E-state index in [1.807, 2.05) is 54.8 Å². The minimum absolute atomic E-state index is 0.211. The average molecular weight is 552 g/mol. The number of hydrogen-bond acceptors (Lipinski definition) is 8. The van der Waals surface area contributed by atoms with Crippen molar-refractivity contribution in [1.29, 1.82) is 0 Å². The topological polar surface area (TPSA) is 73.1 Å². The molecule has 0 N–H and O–H groups in total.